The molecule has 2 aromatic carbocycles. The number of hydrogen-bond donors (Lipinski definition) is 1. The molecule has 0 saturated carbocycles. The molecule has 0 aliphatic rings. The smallest absolute Gasteiger partial charge is 0.416 e. The number of rotatable bonds is 7. The first-order chi connectivity index (χ1) is 15.8. The Kier molecular flexibility index (Phi) is 6.36. The monoisotopic (exact) mass is 475 g/mol. The van der Waals surface area contributed by atoms with Gasteiger partial charge in [0, 0.05) is 17.4 Å². The number of carbonyl (C=O) groups is 1. The number of nitrogens with one attached hydrogen (secondary N) is 1. The molecule has 7 nitrogen and oxygen atoms in total. The van der Waals surface area contributed by atoms with E-state index < -0.39 is 17.6 Å². The maximum atomic E-state index is 12.8. The van der Waals surface area contributed by atoms with Crippen LogP contribution >= 0.6 is 11.6 Å². The van der Waals surface area contributed by atoms with Crippen molar-refractivity contribution in [3.8, 4) is 5.75 Å². The molecule has 2 aromatic heterocycles. The highest BCUT2D eigenvalue weighted by Crippen LogP contribution is 2.31. The van der Waals surface area contributed by atoms with Crippen LogP contribution in [0.2, 0.25) is 5.02 Å². The van der Waals surface area contributed by atoms with Crippen LogP contribution in [0.25, 0.3) is 0 Å². The summed E-state index contributed by atoms with van der Waals surface area (Å²) in [6.07, 6.45) is 0.214. The molecule has 0 radical (unpaired) electrons. The van der Waals surface area contributed by atoms with Gasteiger partial charge in [-0.2, -0.15) is 23.4 Å². The summed E-state index contributed by atoms with van der Waals surface area (Å²) in [5.74, 6) is -0.423. The second-order valence-corrected chi connectivity index (χ2v) is 7.49. The number of amides is 1. The number of ether oxygens (including phenoxy) is 1. The zero-order valence-electron chi connectivity index (χ0n) is 17.0. The molecule has 4 aromatic rings. The van der Waals surface area contributed by atoms with Gasteiger partial charge in [-0.3, -0.25) is 9.48 Å². The van der Waals surface area contributed by atoms with Crippen molar-refractivity contribution in [2.24, 2.45) is 0 Å². The molecule has 0 fully saturated rings. The fourth-order valence-electron chi connectivity index (χ4n) is 2.99. The summed E-state index contributed by atoms with van der Waals surface area (Å²) in [7, 11) is 0. The van der Waals surface area contributed by atoms with Crippen LogP contribution in [0.5, 0.6) is 5.75 Å². The molecule has 0 atom stereocenters. The molecule has 0 saturated heterocycles. The first kappa shape index (κ1) is 22.4. The zero-order valence-corrected chi connectivity index (χ0v) is 17.7. The summed E-state index contributed by atoms with van der Waals surface area (Å²) >= 11 is 5.99. The maximum absolute atomic E-state index is 12.8. The molecule has 33 heavy (non-hydrogen) atoms. The Bertz CT molecular complexity index is 1270. The molecular weight excluding hydrogens is 459 g/mol. The van der Waals surface area contributed by atoms with Crippen molar-refractivity contribution in [3.63, 3.8) is 0 Å². The van der Waals surface area contributed by atoms with Gasteiger partial charge < -0.3 is 10.1 Å². The molecule has 2 heterocycles. The predicted octanol–water partition coefficient (Wildman–Crippen LogP) is 5.09. The quantitative estimate of drug-likeness (QED) is 0.404. The maximum Gasteiger partial charge on any atom is 0.416 e. The van der Waals surface area contributed by atoms with Crippen LogP contribution < -0.4 is 10.1 Å². The van der Waals surface area contributed by atoms with Crippen molar-refractivity contribution in [1.82, 2.24) is 19.6 Å². The molecule has 0 aliphatic carbocycles. The first-order valence-corrected chi connectivity index (χ1v) is 10.1. The van der Waals surface area contributed by atoms with Crippen LogP contribution in [0.3, 0.4) is 0 Å². The fraction of sp³-hybridized carbons (Fsp3) is 0.136. The standard InChI is InChI=1S/C22H17ClF3N5O2/c23-17-5-1-3-15(9-17)12-31-13-18(11-27-31)28-21(32)20-7-8-30(29-20)14-33-19-6-2-4-16(10-19)22(24,25)26/h1-11,13H,12,14H2,(H,28,32). The van der Waals surface area contributed by atoms with E-state index in [1.165, 1.54) is 35.3 Å². The van der Waals surface area contributed by atoms with E-state index >= 15 is 0 Å². The largest absolute Gasteiger partial charge is 0.471 e. The van der Waals surface area contributed by atoms with E-state index in [0.717, 1.165) is 17.7 Å². The van der Waals surface area contributed by atoms with Gasteiger partial charge >= 0.3 is 6.18 Å². The van der Waals surface area contributed by atoms with Crippen LogP contribution in [0.4, 0.5) is 18.9 Å². The number of aromatic nitrogens is 4. The molecule has 0 unspecified atom stereocenters. The highest BCUT2D eigenvalue weighted by molar-refractivity contribution is 6.30. The highest BCUT2D eigenvalue weighted by Gasteiger charge is 2.30. The molecule has 4 rings (SSSR count). The van der Waals surface area contributed by atoms with Gasteiger partial charge in [-0.25, -0.2) is 4.68 Å². The summed E-state index contributed by atoms with van der Waals surface area (Å²) in [5.41, 5.74) is 0.751. The lowest BCUT2D eigenvalue weighted by Crippen LogP contribution is -2.14. The summed E-state index contributed by atoms with van der Waals surface area (Å²) in [5, 5.41) is 11.6. The van der Waals surface area contributed by atoms with Gasteiger partial charge in [0.25, 0.3) is 5.91 Å². The summed E-state index contributed by atoms with van der Waals surface area (Å²) in [6, 6.07) is 13.4. The minimum Gasteiger partial charge on any atom is -0.471 e. The van der Waals surface area contributed by atoms with Gasteiger partial charge in [0.2, 0.25) is 0 Å². The number of nitrogens with zero attached hydrogens (tertiary/aromatic N) is 4. The highest BCUT2D eigenvalue weighted by atomic mass is 35.5. The first-order valence-electron chi connectivity index (χ1n) is 9.68. The van der Waals surface area contributed by atoms with E-state index in [1.807, 2.05) is 18.2 Å². The summed E-state index contributed by atoms with van der Waals surface area (Å²) < 4.78 is 46.7. The minimum atomic E-state index is -4.46. The Morgan fingerprint density at radius 2 is 1.91 bits per heavy atom. The lowest BCUT2D eigenvalue weighted by Gasteiger charge is -2.10. The van der Waals surface area contributed by atoms with Crippen molar-refractivity contribution in [2.75, 3.05) is 5.32 Å². The molecule has 170 valence electrons. The third-order valence-electron chi connectivity index (χ3n) is 4.52. The average molecular weight is 476 g/mol. The van der Waals surface area contributed by atoms with Gasteiger partial charge in [0.05, 0.1) is 24.0 Å². The van der Waals surface area contributed by atoms with Crippen molar-refractivity contribution in [3.05, 3.63) is 95.0 Å². The van der Waals surface area contributed by atoms with Gasteiger partial charge in [0.1, 0.15) is 5.75 Å². The zero-order chi connectivity index (χ0) is 23.4. The van der Waals surface area contributed by atoms with Crippen molar-refractivity contribution < 1.29 is 22.7 Å². The minimum absolute atomic E-state index is 0.0402. The number of alkyl halides is 3. The van der Waals surface area contributed by atoms with E-state index in [9.17, 15) is 18.0 Å². The van der Waals surface area contributed by atoms with Crippen LogP contribution in [0, 0.1) is 0 Å². The lowest BCUT2D eigenvalue weighted by atomic mass is 10.2. The van der Waals surface area contributed by atoms with E-state index in [0.29, 0.717) is 17.3 Å². The Balaban J connectivity index is 1.33. The van der Waals surface area contributed by atoms with E-state index in [4.69, 9.17) is 16.3 Å². The Labute approximate surface area is 191 Å². The lowest BCUT2D eigenvalue weighted by molar-refractivity contribution is -0.137. The third-order valence-corrected chi connectivity index (χ3v) is 4.76. The van der Waals surface area contributed by atoms with Crippen molar-refractivity contribution >= 4 is 23.2 Å². The number of benzene rings is 2. The SMILES string of the molecule is O=C(Nc1cnn(Cc2cccc(Cl)c2)c1)c1ccn(COc2cccc(C(F)(F)F)c2)n1. The third kappa shape index (κ3) is 5.92. The summed E-state index contributed by atoms with van der Waals surface area (Å²) in [4.78, 5) is 12.5. The van der Waals surface area contributed by atoms with Crippen molar-refractivity contribution in [2.45, 2.75) is 19.5 Å². The van der Waals surface area contributed by atoms with E-state index in [2.05, 4.69) is 15.5 Å². The summed E-state index contributed by atoms with van der Waals surface area (Å²) in [6.45, 7) is 0.324. The number of hydrogen-bond acceptors (Lipinski definition) is 4. The normalized spacial score (nSPS) is 11.4. The van der Waals surface area contributed by atoms with Gasteiger partial charge in [-0.05, 0) is 42.0 Å². The number of halogens is 4. The molecular formula is C22H17ClF3N5O2. The Morgan fingerprint density at radius 1 is 1.09 bits per heavy atom. The van der Waals surface area contributed by atoms with E-state index in [1.54, 1.807) is 16.9 Å². The van der Waals surface area contributed by atoms with Crippen LogP contribution in [0.1, 0.15) is 21.6 Å². The van der Waals surface area contributed by atoms with Gasteiger partial charge in [-0.15, -0.1) is 0 Å². The second-order valence-electron chi connectivity index (χ2n) is 7.05. The van der Waals surface area contributed by atoms with Crippen molar-refractivity contribution in [1.29, 1.82) is 0 Å². The van der Waals surface area contributed by atoms with Crippen LogP contribution in [-0.4, -0.2) is 25.5 Å². The second kappa shape index (κ2) is 9.37. The molecule has 1 amide bonds. The van der Waals surface area contributed by atoms with Crippen LogP contribution in [0.15, 0.2) is 73.2 Å². The number of carbonyl (C=O) groups excluding carboxylic acids is 1. The molecule has 1 N–H and O–H groups in total. The molecule has 0 aliphatic heterocycles. The molecule has 0 bridgehead atoms. The van der Waals surface area contributed by atoms with Gasteiger partial charge in [0.15, 0.2) is 12.4 Å². The predicted molar refractivity (Wildman–Crippen MR) is 115 cm³/mol. The Hall–Kier alpha value is -3.79. The topological polar surface area (TPSA) is 74.0 Å². The molecule has 0 spiro atoms. The fourth-order valence-corrected chi connectivity index (χ4v) is 3.20. The average Bonchev–Trinajstić information content (AvgIpc) is 3.41. The molecule has 11 heteroatoms. The number of anilines is 1. The van der Waals surface area contributed by atoms with Gasteiger partial charge in [-0.1, -0.05) is 29.8 Å². The van der Waals surface area contributed by atoms with E-state index in [-0.39, 0.29) is 18.2 Å². The van der Waals surface area contributed by atoms with Crippen LogP contribution in [-0.2, 0) is 19.5 Å². The Morgan fingerprint density at radius 3 is 2.70 bits per heavy atom.